The van der Waals surface area contributed by atoms with E-state index < -0.39 is 5.67 Å². The van der Waals surface area contributed by atoms with Crippen LogP contribution in [0, 0.1) is 13.8 Å². The van der Waals surface area contributed by atoms with E-state index in [1.807, 2.05) is 68.4 Å². The zero-order chi connectivity index (χ0) is 22.9. The minimum absolute atomic E-state index is 0.258. The highest BCUT2D eigenvalue weighted by molar-refractivity contribution is 6.31. The highest BCUT2D eigenvalue weighted by atomic mass is 35.5. The van der Waals surface area contributed by atoms with Gasteiger partial charge < -0.3 is 4.74 Å². The maximum Gasteiger partial charge on any atom is 0.133 e. The molecule has 4 rings (SSSR count). The lowest BCUT2D eigenvalue weighted by atomic mass is 9.95. The molecule has 0 saturated carbocycles. The molecule has 4 aromatic rings. The molecule has 164 valence electrons. The van der Waals surface area contributed by atoms with Crippen LogP contribution in [0.15, 0.2) is 60.8 Å². The number of ether oxygens (including phenoxy) is 1. The van der Waals surface area contributed by atoms with Gasteiger partial charge in [0, 0.05) is 29.3 Å². The van der Waals surface area contributed by atoms with Crippen molar-refractivity contribution in [1.29, 1.82) is 0 Å². The number of nitrogens with zero attached hydrogens (tertiary/aromatic N) is 2. The number of hydrogen-bond donors (Lipinski definition) is 0. The molecule has 0 spiro atoms. The maximum atomic E-state index is 14.2. The second kappa shape index (κ2) is 8.87. The van der Waals surface area contributed by atoms with Gasteiger partial charge in [-0.3, -0.25) is 4.98 Å². The van der Waals surface area contributed by atoms with Crippen LogP contribution in [-0.4, -0.2) is 15.6 Å². The normalized spacial score (nSPS) is 11.7. The molecule has 0 fully saturated rings. The third-order valence-electron chi connectivity index (χ3n) is 5.39. The monoisotopic (exact) mass is 448 g/mol. The van der Waals surface area contributed by atoms with Gasteiger partial charge in [-0.05, 0) is 56.5 Å². The summed E-state index contributed by atoms with van der Waals surface area (Å²) in [6.07, 6.45) is 2.01. The van der Waals surface area contributed by atoms with Crippen molar-refractivity contribution in [1.82, 2.24) is 9.97 Å². The molecular formula is C27H26ClFN2O. The Morgan fingerprint density at radius 3 is 2.50 bits per heavy atom. The molecule has 32 heavy (non-hydrogen) atoms. The fourth-order valence-corrected chi connectivity index (χ4v) is 4.13. The van der Waals surface area contributed by atoms with E-state index in [0.717, 1.165) is 50.3 Å². The zero-order valence-corrected chi connectivity index (χ0v) is 19.5. The molecule has 0 aliphatic carbocycles. The summed E-state index contributed by atoms with van der Waals surface area (Å²) in [5.41, 5.74) is 4.86. The third-order valence-corrected chi connectivity index (χ3v) is 5.74. The minimum atomic E-state index is -1.33. The summed E-state index contributed by atoms with van der Waals surface area (Å²) in [6.45, 7) is 7.51. The van der Waals surface area contributed by atoms with Crippen molar-refractivity contribution >= 4 is 22.5 Å². The lowest BCUT2D eigenvalue weighted by Gasteiger charge is -2.18. The average molecular weight is 449 g/mol. The van der Waals surface area contributed by atoms with E-state index in [1.54, 1.807) is 20.0 Å². The van der Waals surface area contributed by atoms with Gasteiger partial charge >= 0.3 is 0 Å². The molecule has 0 aliphatic heterocycles. The molecule has 0 N–H and O–H groups in total. The van der Waals surface area contributed by atoms with E-state index >= 15 is 0 Å². The molecule has 0 amide bonds. The number of aromatic nitrogens is 2. The highest BCUT2D eigenvalue weighted by Gasteiger charge is 2.20. The molecule has 0 aliphatic rings. The van der Waals surface area contributed by atoms with E-state index in [4.69, 9.17) is 21.3 Å². The number of halogens is 2. The number of alkyl halides is 1. The first-order valence-corrected chi connectivity index (χ1v) is 11.0. The second-order valence-corrected chi connectivity index (χ2v) is 9.13. The predicted octanol–water partition coefficient (Wildman–Crippen LogP) is 7.44. The Labute approximate surface area is 193 Å². The highest BCUT2D eigenvalue weighted by Crippen LogP contribution is 2.36. The SMILES string of the molecule is Cc1cc(CC(C)(C)F)c(Cl)cc1-c1cc(OCc2ccccc2)c2c(C)nccc2n1. The van der Waals surface area contributed by atoms with Crippen LogP contribution in [0.4, 0.5) is 4.39 Å². The minimum Gasteiger partial charge on any atom is -0.488 e. The van der Waals surface area contributed by atoms with Gasteiger partial charge in [-0.15, -0.1) is 0 Å². The first-order valence-electron chi connectivity index (χ1n) is 10.6. The number of rotatable bonds is 6. The van der Waals surface area contributed by atoms with E-state index in [9.17, 15) is 4.39 Å². The van der Waals surface area contributed by atoms with E-state index in [1.165, 1.54) is 0 Å². The zero-order valence-electron chi connectivity index (χ0n) is 18.7. The van der Waals surface area contributed by atoms with Crippen LogP contribution in [0.2, 0.25) is 5.02 Å². The Morgan fingerprint density at radius 1 is 1.03 bits per heavy atom. The molecule has 2 aromatic heterocycles. The molecular weight excluding hydrogens is 423 g/mol. The van der Waals surface area contributed by atoms with Crippen molar-refractivity contribution < 1.29 is 9.13 Å². The lowest BCUT2D eigenvalue weighted by Crippen LogP contribution is -2.16. The summed E-state index contributed by atoms with van der Waals surface area (Å²) in [7, 11) is 0. The summed E-state index contributed by atoms with van der Waals surface area (Å²) >= 11 is 6.55. The first kappa shape index (κ1) is 22.2. The fourth-order valence-electron chi connectivity index (χ4n) is 3.90. The van der Waals surface area contributed by atoms with Gasteiger partial charge in [-0.25, -0.2) is 9.37 Å². The van der Waals surface area contributed by atoms with Crippen molar-refractivity contribution in [3.8, 4) is 17.0 Å². The largest absolute Gasteiger partial charge is 0.488 e. The Morgan fingerprint density at radius 2 is 1.78 bits per heavy atom. The molecule has 0 saturated heterocycles. The summed E-state index contributed by atoms with van der Waals surface area (Å²) in [5.74, 6) is 0.726. The van der Waals surface area contributed by atoms with Gasteiger partial charge in [0.2, 0.25) is 0 Å². The van der Waals surface area contributed by atoms with Crippen LogP contribution in [0.1, 0.15) is 36.2 Å². The van der Waals surface area contributed by atoms with Crippen LogP contribution in [0.5, 0.6) is 5.75 Å². The molecule has 0 radical (unpaired) electrons. The molecule has 0 atom stereocenters. The topological polar surface area (TPSA) is 35.0 Å². The summed E-state index contributed by atoms with van der Waals surface area (Å²) in [4.78, 5) is 9.30. The Kier molecular flexibility index (Phi) is 6.16. The van der Waals surface area contributed by atoms with Crippen molar-refractivity contribution in [2.75, 3.05) is 0 Å². The van der Waals surface area contributed by atoms with E-state index in [-0.39, 0.29) is 6.42 Å². The Balaban J connectivity index is 1.79. The van der Waals surface area contributed by atoms with Crippen LogP contribution in [0.25, 0.3) is 22.2 Å². The van der Waals surface area contributed by atoms with Crippen LogP contribution in [0.3, 0.4) is 0 Å². The van der Waals surface area contributed by atoms with Crippen molar-refractivity contribution in [2.24, 2.45) is 0 Å². The molecule has 0 bridgehead atoms. The van der Waals surface area contributed by atoms with Gasteiger partial charge in [-0.1, -0.05) is 48.0 Å². The van der Waals surface area contributed by atoms with Gasteiger partial charge in [0.1, 0.15) is 18.0 Å². The van der Waals surface area contributed by atoms with Gasteiger partial charge in [0.05, 0.1) is 22.3 Å². The number of fused-ring (bicyclic) bond motifs is 1. The fraction of sp³-hybridized carbons (Fsp3) is 0.259. The number of benzene rings is 2. The van der Waals surface area contributed by atoms with Crippen molar-refractivity contribution in [2.45, 2.75) is 46.4 Å². The lowest BCUT2D eigenvalue weighted by molar-refractivity contribution is 0.217. The quantitative estimate of drug-likeness (QED) is 0.307. The molecule has 3 nitrogen and oxygen atoms in total. The number of hydrogen-bond acceptors (Lipinski definition) is 3. The molecule has 5 heteroatoms. The summed E-state index contributed by atoms with van der Waals surface area (Å²) in [5, 5.41) is 1.43. The molecule has 2 heterocycles. The number of pyridine rings is 2. The van der Waals surface area contributed by atoms with E-state index in [2.05, 4.69) is 4.98 Å². The van der Waals surface area contributed by atoms with Crippen LogP contribution >= 0.6 is 11.6 Å². The summed E-state index contributed by atoms with van der Waals surface area (Å²) in [6, 6.07) is 17.7. The van der Waals surface area contributed by atoms with Gasteiger partial charge in [0.15, 0.2) is 0 Å². The van der Waals surface area contributed by atoms with Crippen LogP contribution in [-0.2, 0) is 13.0 Å². The smallest absolute Gasteiger partial charge is 0.133 e. The molecule has 0 unspecified atom stereocenters. The van der Waals surface area contributed by atoms with E-state index in [0.29, 0.717) is 11.6 Å². The van der Waals surface area contributed by atoms with Crippen molar-refractivity contribution in [3.63, 3.8) is 0 Å². The van der Waals surface area contributed by atoms with Gasteiger partial charge in [0.25, 0.3) is 0 Å². The Bertz CT molecular complexity index is 1270. The molecule has 2 aromatic carbocycles. The second-order valence-electron chi connectivity index (χ2n) is 8.72. The summed E-state index contributed by atoms with van der Waals surface area (Å²) < 4.78 is 20.5. The van der Waals surface area contributed by atoms with Gasteiger partial charge in [-0.2, -0.15) is 0 Å². The van der Waals surface area contributed by atoms with Crippen molar-refractivity contribution in [3.05, 3.63) is 88.2 Å². The maximum absolute atomic E-state index is 14.2. The van der Waals surface area contributed by atoms with Crippen LogP contribution < -0.4 is 4.74 Å². The third kappa shape index (κ3) is 4.91. The first-order chi connectivity index (χ1) is 15.2. The number of aryl methyl sites for hydroxylation is 2. The average Bonchev–Trinajstić information content (AvgIpc) is 2.74. The standard InChI is InChI=1S/C27H26ClFN2O/c1-17-12-20(15-27(3,4)29)22(28)13-21(17)24-14-25(32-16-19-8-6-5-7-9-19)26-18(2)30-11-10-23(26)31-24/h5-14H,15-16H2,1-4H3. The predicted molar refractivity (Wildman–Crippen MR) is 129 cm³/mol. The Hall–Kier alpha value is -2.98.